The van der Waals surface area contributed by atoms with Crippen LogP contribution in [0.15, 0.2) is 30.3 Å². The summed E-state index contributed by atoms with van der Waals surface area (Å²) in [5, 5.41) is 0. The molecule has 0 radical (unpaired) electrons. The van der Waals surface area contributed by atoms with Crippen molar-refractivity contribution in [3.8, 4) is 23.1 Å². The highest BCUT2D eigenvalue weighted by atomic mass is 16.5. The molecule has 1 atom stereocenters. The van der Waals surface area contributed by atoms with Gasteiger partial charge in [-0.3, -0.25) is 0 Å². The third kappa shape index (κ3) is 3.05. The monoisotopic (exact) mass is 274 g/mol. The van der Waals surface area contributed by atoms with E-state index in [2.05, 4.69) is 9.97 Å². The molecule has 0 aliphatic heterocycles. The fourth-order valence-electron chi connectivity index (χ4n) is 1.81. The lowest BCUT2D eigenvalue weighted by molar-refractivity contribution is 0.119. The largest absolute Gasteiger partial charge is 0.481 e. The molecule has 0 fully saturated rings. The van der Waals surface area contributed by atoms with Gasteiger partial charge in [-0.15, -0.1) is 0 Å². The van der Waals surface area contributed by atoms with Crippen LogP contribution in [0.5, 0.6) is 11.9 Å². The van der Waals surface area contributed by atoms with Crippen LogP contribution in [0.25, 0.3) is 11.3 Å². The fourth-order valence-corrected chi connectivity index (χ4v) is 1.81. The number of nitrogens with zero attached hydrogens (tertiary/aromatic N) is 2. The normalized spacial score (nSPS) is 12.0. The van der Waals surface area contributed by atoms with Crippen molar-refractivity contribution in [1.29, 1.82) is 0 Å². The van der Waals surface area contributed by atoms with E-state index >= 15 is 0 Å². The maximum absolute atomic E-state index is 5.29. The first-order valence-corrected chi connectivity index (χ1v) is 6.28. The molecule has 1 aromatic carbocycles. The first kappa shape index (κ1) is 14.3. The average molecular weight is 274 g/mol. The Morgan fingerprint density at radius 3 is 2.20 bits per heavy atom. The Balaban J connectivity index is 2.35. The maximum Gasteiger partial charge on any atom is 0.320 e. The van der Waals surface area contributed by atoms with Gasteiger partial charge in [-0.25, -0.2) is 0 Å². The van der Waals surface area contributed by atoms with Crippen molar-refractivity contribution in [3.63, 3.8) is 0 Å². The number of methoxy groups -OCH3 is 3. The second-order valence-electron chi connectivity index (χ2n) is 4.28. The summed E-state index contributed by atoms with van der Waals surface area (Å²) in [5.41, 5.74) is 2.84. The lowest BCUT2D eigenvalue weighted by atomic mass is 10.1. The third-order valence-electron chi connectivity index (χ3n) is 3.10. The maximum atomic E-state index is 5.29. The van der Waals surface area contributed by atoms with Crippen molar-refractivity contribution in [1.82, 2.24) is 9.97 Å². The number of rotatable bonds is 5. The van der Waals surface area contributed by atoms with Crippen molar-refractivity contribution in [2.24, 2.45) is 0 Å². The summed E-state index contributed by atoms with van der Waals surface area (Å²) in [7, 11) is 4.79. The Bertz CT molecular complexity index is 548. The molecule has 2 rings (SSSR count). The lowest BCUT2D eigenvalue weighted by Crippen LogP contribution is -1.98. The fraction of sp³-hybridized carbons (Fsp3) is 0.333. The Morgan fingerprint density at radius 1 is 0.950 bits per heavy atom. The van der Waals surface area contributed by atoms with Crippen molar-refractivity contribution in [2.75, 3.05) is 21.3 Å². The Kier molecular flexibility index (Phi) is 4.53. The molecule has 20 heavy (non-hydrogen) atoms. The zero-order valence-electron chi connectivity index (χ0n) is 12.1. The van der Waals surface area contributed by atoms with Crippen LogP contribution >= 0.6 is 0 Å². The first-order chi connectivity index (χ1) is 9.67. The van der Waals surface area contributed by atoms with Crippen molar-refractivity contribution < 1.29 is 14.2 Å². The molecule has 0 amide bonds. The van der Waals surface area contributed by atoms with Crippen LogP contribution in [0, 0.1) is 0 Å². The zero-order chi connectivity index (χ0) is 14.5. The molecule has 0 aliphatic rings. The van der Waals surface area contributed by atoms with E-state index in [-0.39, 0.29) is 12.1 Å². The van der Waals surface area contributed by atoms with E-state index in [1.54, 1.807) is 20.3 Å². The van der Waals surface area contributed by atoms with E-state index in [0.717, 1.165) is 16.8 Å². The topological polar surface area (TPSA) is 53.5 Å². The van der Waals surface area contributed by atoms with Gasteiger partial charge in [-0.2, -0.15) is 9.97 Å². The van der Waals surface area contributed by atoms with E-state index in [0.29, 0.717) is 5.88 Å². The van der Waals surface area contributed by atoms with Gasteiger partial charge in [-0.05, 0) is 12.5 Å². The Morgan fingerprint density at radius 2 is 1.65 bits per heavy atom. The smallest absolute Gasteiger partial charge is 0.320 e. The van der Waals surface area contributed by atoms with Gasteiger partial charge in [0.05, 0.1) is 26.0 Å². The molecule has 106 valence electrons. The molecule has 0 unspecified atom stereocenters. The summed E-state index contributed by atoms with van der Waals surface area (Å²) in [4.78, 5) is 8.40. The molecule has 0 aliphatic carbocycles. The molecule has 1 aromatic heterocycles. The molecule has 0 N–H and O–H groups in total. The van der Waals surface area contributed by atoms with Crippen LogP contribution < -0.4 is 9.47 Å². The molecule has 0 saturated carbocycles. The van der Waals surface area contributed by atoms with E-state index < -0.39 is 0 Å². The van der Waals surface area contributed by atoms with Gasteiger partial charge >= 0.3 is 6.01 Å². The average Bonchev–Trinajstić information content (AvgIpc) is 2.53. The molecular formula is C15H18N2O3. The van der Waals surface area contributed by atoms with Crippen LogP contribution in [0.2, 0.25) is 0 Å². The second-order valence-corrected chi connectivity index (χ2v) is 4.28. The lowest BCUT2D eigenvalue weighted by Gasteiger charge is -2.11. The predicted octanol–water partition coefficient (Wildman–Crippen LogP) is 2.87. The molecule has 0 spiro atoms. The highest BCUT2D eigenvalue weighted by Crippen LogP contribution is 2.25. The summed E-state index contributed by atoms with van der Waals surface area (Å²) in [5.74, 6) is 0.473. The number of benzene rings is 1. The minimum atomic E-state index is 0.0681. The summed E-state index contributed by atoms with van der Waals surface area (Å²) >= 11 is 0. The second kappa shape index (κ2) is 6.34. The number of ether oxygens (including phenoxy) is 3. The Hall–Kier alpha value is -2.14. The minimum Gasteiger partial charge on any atom is -0.481 e. The highest BCUT2D eigenvalue weighted by Gasteiger charge is 2.09. The number of hydrogen-bond acceptors (Lipinski definition) is 5. The van der Waals surface area contributed by atoms with E-state index in [1.807, 2.05) is 31.2 Å². The zero-order valence-corrected chi connectivity index (χ0v) is 12.1. The van der Waals surface area contributed by atoms with Gasteiger partial charge in [0.2, 0.25) is 5.88 Å². The Labute approximate surface area is 118 Å². The van der Waals surface area contributed by atoms with Crippen molar-refractivity contribution in [2.45, 2.75) is 13.0 Å². The molecule has 5 heteroatoms. The van der Waals surface area contributed by atoms with Gasteiger partial charge < -0.3 is 14.2 Å². The summed E-state index contributed by atoms with van der Waals surface area (Å²) in [6, 6.07) is 10.1. The van der Waals surface area contributed by atoms with E-state index in [4.69, 9.17) is 14.2 Å². The molecule has 0 saturated heterocycles. The van der Waals surface area contributed by atoms with Crippen molar-refractivity contribution in [3.05, 3.63) is 35.9 Å². The molecular weight excluding hydrogens is 256 g/mol. The van der Waals surface area contributed by atoms with Crippen LogP contribution in [0.3, 0.4) is 0 Å². The molecule has 1 heterocycles. The minimum absolute atomic E-state index is 0.0681. The summed E-state index contributed by atoms with van der Waals surface area (Å²) in [6.07, 6.45) is 0.0681. The number of aromatic nitrogens is 2. The molecule has 5 nitrogen and oxygen atoms in total. The van der Waals surface area contributed by atoms with Gasteiger partial charge in [0, 0.05) is 18.7 Å². The van der Waals surface area contributed by atoms with Crippen LogP contribution in [0.4, 0.5) is 0 Å². The SMILES string of the molecule is COc1cc(-c2ccc([C@@H](C)OC)cc2)nc(OC)n1. The van der Waals surface area contributed by atoms with Gasteiger partial charge in [0.1, 0.15) is 0 Å². The van der Waals surface area contributed by atoms with Crippen LogP contribution in [0.1, 0.15) is 18.6 Å². The van der Waals surface area contributed by atoms with Gasteiger partial charge in [0.25, 0.3) is 0 Å². The van der Waals surface area contributed by atoms with E-state index in [1.165, 1.54) is 7.11 Å². The van der Waals surface area contributed by atoms with Crippen LogP contribution in [-0.2, 0) is 4.74 Å². The quantitative estimate of drug-likeness (QED) is 0.839. The van der Waals surface area contributed by atoms with E-state index in [9.17, 15) is 0 Å². The van der Waals surface area contributed by atoms with Crippen molar-refractivity contribution >= 4 is 0 Å². The molecule has 2 aromatic rings. The molecule has 0 bridgehead atoms. The summed E-state index contributed by atoms with van der Waals surface area (Å²) < 4.78 is 15.5. The standard InChI is InChI=1S/C15H18N2O3/c1-10(18-2)11-5-7-12(8-6-11)13-9-14(19-3)17-15(16-13)20-4/h5-10H,1-4H3/t10-/m1/s1. The third-order valence-corrected chi connectivity index (χ3v) is 3.10. The highest BCUT2D eigenvalue weighted by molar-refractivity contribution is 5.60. The number of hydrogen-bond donors (Lipinski definition) is 0. The summed E-state index contributed by atoms with van der Waals surface area (Å²) in [6.45, 7) is 2.01. The van der Waals surface area contributed by atoms with Gasteiger partial charge in [-0.1, -0.05) is 24.3 Å². The first-order valence-electron chi connectivity index (χ1n) is 6.28. The predicted molar refractivity (Wildman–Crippen MR) is 76.0 cm³/mol. The van der Waals surface area contributed by atoms with Gasteiger partial charge in [0.15, 0.2) is 0 Å². The van der Waals surface area contributed by atoms with Crippen LogP contribution in [-0.4, -0.2) is 31.3 Å².